The first-order valence-electron chi connectivity index (χ1n) is 4.78. The molecule has 0 spiro atoms. The summed E-state index contributed by atoms with van der Waals surface area (Å²) in [6.45, 7) is 4.31. The second-order valence-electron chi connectivity index (χ2n) is 3.21. The van der Waals surface area contributed by atoms with Gasteiger partial charge in [0.1, 0.15) is 12.3 Å². The number of aryl methyl sites for hydroxylation is 1. The van der Waals surface area contributed by atoms with Crippen LogP contribution in [0, 0.1) is 18.3 Å². The zero-order valence-corrected chi connectivity index (χ0v) is 8.86. The lowest BCUT2D eigenvalue weighted by Crippen LogP contribution is -2.32. The monoisotopic (exact) mass is 207 g/mol. The van der Waals surface area contributed by atoms with Gasteiger partial charge in [0.2, 0.25) is 0 Å². The van der Waals surface area contributed by atoms with E-state index in [0.717, 1.165) is 6.42 Å². The van der Waals surface area contributed by atoms with Crippen molar-refractivity contribution in [2.45, 2.75) is 20.3 Å². The minimum Gasteiger partial charge on any atom is -0.361 e. The molecule has 0 aromatic carbocycles. The molecule has 0 aliphatic rings. The van der Waals surface area contributed by atoms with Crippen LogP contribution in [0.25, 0.3) is 0 Å². The van der Waals surface area contributed by atoms with E-state index in [2.05, 4.69) is 5.16 Å². The van der Waals surface area contributed by atoms with E-state index in [1.54, 1.807) is 13.0 Å². The average molecular weight is 207 g/mol. The molecule has 5 heteroatoms. The van der Waals surface area contributed by atoms with E-state index in [4.69, 9.17) is 9.78 Å². The van der Waals surface area contributed by atoms with Gasteiger partial charge in [-0.25, -0.2) is 0 Å². The molecule has 0 unspecified atom stereocenters. The molecule has 1 amide bonds. The van der Waals surface area contributed by atoms with Crippen molar-refractivity contribution in [3.63, 3.8) is 0 Å². The predicted octanol–water partition coefficient (Wildman–Crippen LogP) is 1.36. The van der Waals surface area contributed by atoms with E-state index in [0.29, 0.717) is 12.3 Å². The number of carbonyl (C=O) groups is 1. The minimum atomic E-state index is -0.254. The third kappa shape index (κ3) is 2.81. The van der Waals surface area contributed by atoms with E-state index < -0.39 is 0 Å². The third-order valence-corrected chi connectivity index (χ3v) is 1.89. The van der Waals surface area contributed by atoms with Crippen LogP contribution in [-0.2, 0) is 0 Å². The Bertz CT molecular complexity index is 378. The van der Waals surface area contributed by atoms with Gasteiger partial charge in [0.15, 0.2) is 5.69 Å². The Morgan fingerprint density at radius 3 is 2.93 bits per heavy atom. The molecule has 0 fully saturated rings. The summed E-state index contributed by atoms with van der Waals surface area (Å²) in [5, 5.41) is 12.2. The second kappa shape index (κ2) is 5.15. The largest absolute Gasteiger partial charge is 0.361 e. The van der Waals surface area contributed by atoms with Gasteiger partial charge in [0.05, 0.1) is 6.07 Å². The molecule has 1 heterocycles. The lowest BCUT2D eigenvalue weighted by Gasteiger charge is -2.16. The summed E-state index contributed by atoms with van der Waals surface area (Å²) in [5.74, 6) is 0.335. The maximum atomic E-state index is 11.8. The van der Waals surface area contributed by atoms with Crippen LogP contribution in [0.4, 0.5) is 0 Å². The smallest absolute Gasteiger partial charge is 0.276 e. The highest BCUT2D eigenvalue weighted by molar-refractivity contribution is 5.92. The quantitative estimate of drug-likeness (QED) is 0.699. The first-order chi connectivity index (χ1) is 7.19. The van der Waals surface area contributed by atoms with Gasteiger partial charge in [-0.3, -0.25) is 4.79 Å². The first kappa shape index (κ1) is 11.2. The number of nitriles is 1. The molecule has 0 aliphatic heterocycles. The van der Waals surface area contributed by atoms with E-state index in [-0.39, 0.29) is 18.1 Å². The molecule has 80 valence electrons. The van der Waals surface area contributed by atoms with Gasteiger partial charge < -0.3 is 9.42 Å². The molecule has 1 aromatic rings. The van der Waals surface area contributed by atoms with Crippen LogP contribution in [-0.4, -0.2) is 29.1 Å². The van der Waals surface area contributed by atoms with Gasteiger partial charge in [-0.2, -0.15) is 5.26 Å². The summed E-state index contributed by atoms with van der Waals surface area (Å²) in [6.07, 6.45) is 0.810. The number of rotatable bonds is 4. The Labute approximate surface area is 88.3 Å². The van der Waals surface area contributed by atoms with Crippen molar-refractivity contribution in [1.29, 1.82) is 5.26 Å². The van der Waals surface area contributed by atoms with Crippen molar-refractivity contribution >= 4 is 5.91 Å². The fraction of sp³-hybridized carbons (Fsp3) is 0.500. The van der Waals surface area contributed by atoms with Crippen LogP contribution in [0.5, 0.6) is 0 Å². The Morgan fingerprint density at radius 2 is 2.47 bits per heavy atom. The van der Waals surface area contributed by atoms with Crippen molar-refractivity contribution in [1.82, 2.24) is 10.1 Å². The molecule has 1 rings (SSSR count). The van der Waals surface area contributed by atoms with E-state index in [9.17, 15) is 4.79 Å². The van der Waals surface area contributed by atoms with Gasteiger partial charge in [0, 0.05) is 12.6 Å². The summed E-state index contributed by atoms with van der Waals surface area (Å²) in [6, 6.07) is 3.53. The maximum absolute atomic E-state index is 11.8. The Hall–Kier alpha value is -1.83. The minimum absolute atomic E-state index is 0.0819. The zero-order chi connectivity index (χ0) is 11.3. The summed E-state index contributed by atoms with van der Waals surface area (Å²) < 4.78 is 4.81. The first-order valence-corrected chi connectivity index (χ1v) is 4.78. The van der Waals surface area contributed by atoms with Crippen molar-refractivity contribution in [3.05, 3.63) is 17.5 Å². The normalized spacial score (nSPS) is 9.67. The number of amides is 1. The van der Waals surface area contributed by atoms with Gasteiger partial charge in [-0.05, 0) is 13.3 Å². The van der Waals surface area contributed by atoms with Crippen molar-refractivity contribution in [3.8, 4) is 6.07 Å². The van der Waals surface area contributed by atoms with Crippen LogP contribution >= 0.6 is 0 Å². The van der Waals surface area contributed by atoms with Crippen LogP contribution in [0.2, 0.25) is 0 Å². The summed E-state index contributed by atoms with van der Waals surface area (Å²) >= 11 is 0. The molecular formula is C10H13N3O2. The summed E-state index contributed by atoms with van der Waals surface area (Å²) in [7, 11) is 0. The topological polar surface area (TPSA) is 70.1 Å². The molecule has 0 N–H and O–H groups in total. The van der Waals surface area contributed by atoms with Crippen LogP contribution < -0.4 is 0 Å². The van der Waals surface area contributed by atoms with Crippen molar-refractivity contribution in [2.75, 3.05) is 13.1 Å². The third-order valence-electron chi connectivity index (χ3n) is 1.89. The molecular weight excluding hydrogens is 194 g/mol. The Balaban J connectivity index is 2.76. The molecule has 0 aliphatic carbocycles. The highest BCUT2D eigenvalue weighted by Gasteiger charge is 2.17. The molecule has 0 bridgehead atoms. The van der Waals surface area contributed by atoms with Crippen molar-refractivity contribution in [2.24, 2.45) is 0 Å². The highest BCUT2D eigenvalue weighted by Crippen LogP contribution is 2.06. The van der Waals surface area contributed by atoms with E-state index >= 15 is 0 Å². The van der Waals surface area contributed by atoms with Crippen LogP contribution in [0.15, 0.2) is 10.6 Å². The highest BCUT2D eigenvalue weighted by atomic mass is 16.5. The van der Waals surface area contributed by atoms with E-state index in [1.807, 2.05) is 13.0 Å². The van der Waals surface area contributed by atoms with Gasteiger partial charge in [-0.1, -0.05) is 12.1 Å². The lowest BCUT2D eigenvalue weighted by atomic mass is 10.3. The van der Waals surface area contributed by atoms with Crippen molar-refractivity contribution < 1.29 is 9.32 Å². The fourth-order valence-corrected chi connectivity index (χ4v) is 1.24. The molecule has 0 saturated heterocycles. The summed E-state index contributed by atoms with van der Waals surface area (Å²) in [5.41, 5.74) is 0.260. The van der Waals surface area contributed by atoms with Gasteiger partial charge >= 0.3 is 0 Å². The SMILES string of the molecule is CCCN(CC#N)C(=O)c1cc(C)on1. The molecule has 0 atom stereocenters. The number of hydrogen-bond acceptors (Lipinski definition) is 4. The molecule has 0 radical (unpaired) electrons. The van der Waals surface area contributed by atoms with E-state index in [1.165, 1.54) is 4.90 Å². The number of aromatic nitrogens is 1. The molecule has 0 saturated carbocycles. The molecule has 5 nitrogen and oxygen atoms in total. The summed E-state index contributed by atoms with van der Waals surface area (Å²) in [4.78, 5) is 13.2. The Morgan fingerprint density at radius 1 is 1.73 bits per heavy atom. The average Bonchev–Trinajstić information content (AvgIpc) is 2.63. The fourth-order valence-electron chi connectivity index (χ4n) is 1.24. The van der Waals surface area contributed by atoms with Gasteiger partial charge in [0.25, 0.3) is 5.91 Å². The van der Waals surface area contributed by atoms with Crippen LogP contribution in [0.1, 0.15) is 29.6 Å². The molecule has 1 aromatic heterocycles. The zero-order valence-electron chi connectivity index (χ0n) is 8.86. The van der Waals surface area contributed by atoms with Crippen LogP contribution in [0.3, 0.4) is 0 Å². The Kier molecular flexibility index (Phi) is 3.86. The lowest BCUT2D eigenvalue weighted by molar-refractivity contribution is 0.0765. The number of hydrogen-bond donors (Lipinski definition) is 0. The second-order valence-corrected chi connectivity index (χ2v) is 3.21. The predicted molar refractivity (Wildman–Crippen MR) is 53.0 cm³/mol. The standard InChI is InChI=1S/C10H13N3O2/c1-3-5-13(6-4-11)10(14)9-7-8(2)15-12-9/h7H,3,5-6H2,1-2H3. The molecule has 15 heavy (non-hydrogen) atoms. The number of carbonyl (C=O) groups excluding carboxylic acids is 1. The maximum Gasteiger partial charge on any atom is 0.276 e. The van der Waals surface area contributed by atoms with Gasteiger partial charge in [-0.15, -0.1) is 0 Å². The number of nitrogens with zero attached hydrogens (tertiary/aromatic N) is 3.